The molecule has 36 heavy (non-hydrogen) atoms. The van der Waals surface area contributed by atoms with Gasteiger partial charge >= 0.3 is 0 Å². The highest BCUT2D eigenvalue weighted by Crippen LogP contribution is 2.74. The first kappa shape index (κ1) is 21.1. The Morgan fingerprint density at radius 1 is 1.19 bits per heavy atom. The van der Waals surface area contributed by atoms with Crippen molar-refractivity contribution in [3.63, 3.8) is 0 Å². The second kappa shape index (κ2) is 6.86. The number of aromatic nitrogens is 2. The van der Waals surface area contributed by atoms with Gasteiger partial charge in [-0.3, -0.25) is 9.69 Å². The predicted octanol–water partition coefficient (Wildman–Crippen LogP) is 1.99. The number of aliphatic hydroxyl groups is 1. The quantitative estimate of drug-likeness (QED) is 0.593. The van der Waals surface area contributed by atoms with E-state index in [4.69, 9.17) is 4.74 Å². The highest BCUT2D eigenvalue weighted by atomic mass is 16.5. The van der Waals surface area contributed by atoms with Crippen molar-refractivity contribution in [1.82, 2.24) is 20.2 Å². The maximum atomic E-state index is 13.7. The number of benzene rings is 1. The Labute approximate surface area is 209 Å². The molecule has 7 aliphatic rings. The van der Waals surface area contributed by atoms with Gasteiger partial charge in [-0.1, -0.05) is 12.1 Å². The van der Waals surface area contributed by atoms with Crippen molar-refractivity contribution in [3.8, 4) is 11.5 Å². The van der Waals surface area contributed by atoms with Gasteiger partial charge in [-0.25, -0.2) is 9.97 Å². The van der Waals surface area contributed by atoms with Gasteiger partial charge in [-0.05, 0) is 62.6 Å². The van der Waals surface area contributed by atoms with E-state index in [1.807, 2.05) is 6.07 Å². The van der Waals surface area contributed by atoms with Gasteiger partial charge in [0.25, 0.3) is 0 Å². The van der Waals surface area contributed by atoms with E-state index in [0.29, 0.717) is 24.3 Å². The molecule has 3 heterocycles. The van der Waals surface area contributed by atoms with E-state index >= 15 is 0 Å². The number of phenolic OH excluding ortho intramolecular Hbond substituents is 1. The van der Waals surface area contributed by atoms with E-state index in [1.165, 1.54) is 24.7 Å². The van der Waals surface area contributed by atoms with Crippen molar-refractivity contribution in [1.29, 1.82) is 0 Å². The van der Waals surface area contributed by atoms with Crippen LogP contribution in [0.2, 0.25) is 0 Å². The van der Waals surface area contributed by atoms with Gasteiger partial charge in [0.15, 0.2) is 11.5 Å². The summed E-state index contributed by atoms with van der Waals surface area (Å²) in [5, 5.41) is 26.1. The summed E-state index contributed by atoms with van der Waals surface area (Å²) in [7, 11) is 0. The minimum absolute atomic E-state index is 0.129. The lowest BCUT2D eigenvalue weighted by Gasteiger charge is -2.70. The van der Waals surface area contributed by atoms with Crippen LogP contribution in [0.15, 0.2) is 42.5 Å². The van der Waals surface area contributed by atoms with E-state index in [2.05, 4.69) is 26.3 Å². The molecule has 1 aromatic heterocycles. The smallest absolute Gasteiger partial charge is 0.250 e. The number of nitrogens with one attached hydrogen (secondary N) is 1. The Balaban J connectivity index is 1.27. The number of carbonyl (C=O) groups is 1. The van der Waals surface area contributed by atoms with Crippen LogP contribution >= 0.6 is 0 Å². The zero-order valence-corrected chi connectivity index (χ0v) is 20.1. The molecule has 186 valence electrons. The number of hydrogen-bond donors (Lipinski definition) is 3. The van der Waals surface area contributed by atoms with Gasteiger partial charge in [-0.2, -0.15) is 0 Å². The van der Waals surface area contributed by atoms with Crippen molar-refractivity contribution in [2.24, 2.45) is 11.3 Å². The molecular weight excluding hydrogens is 456 g/mol. The maximum absolute atomic E-state index is 13.7. The summed E-state index contributed by atoms with van der Waals surface area (Å²) in [4.78, 5) is 24.4. The second-order valence-corrected chi connectivity index (χ2v) is 11.8. The third-order valence-electron chi connectivity index (χ3n) is 10.1. The summed E-state index contributed by atoms with van der Waals surface area (Å²) in [6, 6.07) is 4.03. The molecule has 2 aliphatic heterocycles. The molecule has 3 fully saturated rings. The average molecular weight is 487 g/mol. The largest absolute Gasteiger partial charge is 0.504 e. The summed E-state index contributed by atoms with van der Waals surface area (Å²) in [5.41, 5.74) is 1.37. The van der Waals surface area contributed by atoms with Crippen LogP contribution in [0, 0.1) is 11.3 Å². The SMILES string of the molecule is O=C(NCc1cncnc1)C1=C[C@@]23CC[C@]1(O)[C@@H]1Oc4c(O)ccc5c4[C@@]12CCN(CC1CC1)[C@@H]3C5. The van der Waals surface area contributed by atoms with Crippen LogP contribution in [0.25, 0.3) is 0 Å². The van der Waals surface area contributed by atoms with Crippen LogP contribution in [-0.4, -0.2) is 61.8 Å². The molecule has 9 rings (SSSR count). The van der Waals surface area contributed by atoms with E-state index < -0.39 is 17.1 Å². The summed E-state index contributed by atoms with van der Waals surface area (Å²) in [5.74, 6) is 1.15. The first-order valence-electron chi connectivity index (χ1n) is 13.2. The fourth-order valence-corrected chi connectivity index (χ4v) is 8.51. The monoisotopic (exact) mass is 486 g/mol. The normalized spacial score (nSPS) is 37.2. The van der Waals surface area contributed by atoms with Crippen molar-refractivity contribution in [3.05, 3.63) is 59.2 Å². The van der Waals surface area contributed by atoms with Crippen LogP contribution in [0.4, 0.5) is 0 Å². The van der Waals surface area contributed by atoms with Crippen molar-refractivity contribution in [2.45, 2.75) is 68.2 Å². The molecule has 2 saturated carbocycles. The Hall–Kier alpha value is -2.97. The van der Waals surface area contributed by atoms with E-state index in [0.717, 1.165) is 49.4 Å². The minimum Gasteiger partial charge on any atom is -0.504 e. The summed E-state index contributed by atoms with van der Waals surface area (Å²) in [6.07, 6.45) is 12.0. The summed E-state index contributed by atoms with van der Waals surface area (Å²) >= 11 is 0. The number of carbonyl (C=O) groups excluding carboxylic acids is 1. The Kier molecular flexibility index (Phi) is 4.03. The van der Waals surface area contributed by atoms with Crippen LogP contribution in [0.3, 0.4) is 0 Å². The number of rotatable bonds is 5. The molecule has 8 heteroatoms. The molecular formula is C28H30N4O4. The van der Waals surface area contributed by atoms with Crippen molar-refractivity contribution < 1.29 is 19.7 Å². The van der Waals surface area contributed by atoms with E-state index in [9.17, 15) is 15.0 Å². The number of phenols is 1. The molecule has 8 nitrogen and oxygen atoms in total. The topological polar surface area (TPSA) is 108 Å². The number of ether oxygens (including phenoxy) is 1. The van der Waals surface area contributed by atoms with Crippen LogP contribution in [0.1, 0.15) is 48.8 Å². The third-order valence-corrected chi connectivity index (χ3v) is 10.1. The van der Waals surface area contributed by atoms with Crippen LogP contribution in [0.5, 0.6) is 11.5 Å². The molecule has 0 unspecified atom stereocenters. The van der Waals surface area contributed by atoms with E-state index in [-0.39, 0.29) is 23.1 Å². The van der Waals surface area contributed by atoms with Gasteiger partial charge in [0.1, 0.15) is 18.0 Å². The molecule has 2 spiro atoms. The van der Waals surface area contributed by atoms with Crippen molar-refractivity contribution in [2.75, 3.05) is 13.1 Å². The van der Waals surface area contributed by atoms with Crippen LogP contribution < -0.4 is 10.1 Å². The Morgan fingerprint density at radius 3 is 2.83 bits per heavy atom. The second-order valence-electron chi connectivity index (χ2n) is 11.8. The fraction of sp³-hybridized carbons (Fsp3) is 0.536. The average Bonchev–Trinajstić information content (AvgIpc) is 3.63. The molecule has 1 amide bonds. The minimum atomic E-state index is -1.41. The molecule has 5 aliphatic carbocycles. The third kappa shape index (κ3) is 2.44. The van der Waals surface area contributed by atoms with Crippen LogP contribution in [-0.2, 0) is 23.2 Å². The molecule has 5 atom stereocenters. The zero-order chi connectivity index (χ0) is 24.3. The number of nitrogens with zero attached hydrogens (tertiary/aromatic N) is 3. The van der Waals surface area contributed by atoms with Gasteiger partial charge in [-0.15, -0.1) is 0 Å². The Morgan fingerprint density at radius 2 is 2.03 bits per heavy atom. The van der Waals surface area contributed by atoms with E-state index in [1.54, 1.807) is 18.5 Å². The zero-order valence-electron chi connectivity index (χ0n) is 20.1. The fourth-order valence-electron chi connectivity index (χ4n) is 8.51. The Bertz CT molecular complexity index is 1330. The number of piperidine rings is 1. The lowest BCUT2D eigenvalue weighted by molar-refractivity contribution is -0.186. The highest BCUT2D eigenvalue weighted by molar-refractivity contribution is 5.97. The lowest BCUT2D eigenvalue weighted by Crippen LogP contribution is -2.78. The van der Waals surface area contributed by atoms with Gasteiger partial charge in [0.2, 0.25) is 5.91 Å². The molecule has 3 N–H and O–H groups in total. The lowest BCUT2D eigenvalue weighted by atomic mass is 9.38. The number of aromatic hydroxyl groups is 1. The maximum Gasteiger partial charge on any atom is 0.250 e. The standard InChI is InChI=1S/C28H30N4O4/c33-20-4-3-18-9-21-26-5-6-28(35,19(10-26)24(34)31-13-17-11-29-15-30-12-17)25-27(26,22(18)23(20)36-25)7-8-32(21)14-16-1-2-16/h3-4,10-12,15-16,21,25,33,35H,1-2,5-9,13-14H2,(H,31,34)/t21-,25-,26-,27+,28-/m1/s1. The molecule has 1 saturated heterocycles. The highest BCUT2D eigenvalue weighted by Gasteiger charge is 2.78. The molecule has 4 bridgehead atoms. The summed E-state index contributed by atoms with van der Waals surface area (Å²) in [6.45, 7) is 2.35. The number of fused-ring (bicyclic) bond motifs is 1. The first-order valence-corrected chi connectivity index (χ1v) is 13.2. The number of likely N-dealkylation sites (tertiary alicyclic amines) is 1. The predicted molar refractivity (Wildman–Crippen MR) is 129 cm³/mol. The van der Waals surface area contributed by atoms with Crippen molar-refractivity contribution >= 4 is 5.91 Å². The summed E-state index contributed by atoms with van der Waals surface area (Å²) < 4.78 is 6.55. The molecule has 2 aromatic rings. The number of amides is 1. The molecule has 0 radical (unpaired) electrons. The molecule has 1 aromatic carbocycles. The van der Waals surface area contributed by atoms with Gasteiger partial charge in [0, 0.05) is 53.6 Å². The first-order chi connectivity index (χ1) is 17.5. The van der Waals surface area contributed by atoms with Gasteiger partial charge in [0.05, 0.1) is 5.41 Å². The number of hydrogen-bond acceptors (Lipinski definition) is 7. The van der Waals surface area contributed by atoms with Gasteiger partial charge < -0.3 is 20.3 Å².